The summed E-state index contributed by atoms with van der Waals surface area (Å²) in [5, 5.41) is 4.57. The van der Waals surface area contributed by atoms with Gasteiger partial charge in [0.2, 0.25) is 21.8 Å². The summed E-state index contributed by atoms with van der Waals surface area (Å²) in [5.74, 6) is -0.402. The summed E-state index contributed by atoms with van der Waals surface area (Å²) in [5.41, 5.74) is 0.507. The van der Waals surface area contributed by atoms with Crippen molar-refractivity contribution in [2.45, 2.75) is 23.9 Å². The Bertz CT molecular complexity index is 1080. The number of thiophene rings is 1. The monoisotopic (exact) mass is 469 g/mol. The highest BCUT2D eigenvalue weighted by Crippen LogP contribution is 2.23. The molecular weight excluding hydrogens is 449 g/mol. The second kappa shape index (κ2) is 10.2. The molecule has 7 nitrogen and oxygen atoms in total. The Morgan fingerprint density at radius 3 is 2.80 bits per heavy atom. The summed E-state index contributed by atoms with van der Waals surface area (Å²) < 4.78 is 46.8. The van der Waals surface area contributed by atoms with Crippen LogP contribution in [0.3, 0.4) is 0 Å². The average molecular weight is 470 g/mol. The molecule has 3 aromatic rings. The lowest BCUT2D eigenvalue weighted by Crippen LogP contribution is -2.47. The molecule has 0 aliphatic rings. The minimum absolute atomic E-state index is 0.0743. The van der Waals surface area contributed by atoms with Gasteiger partial charge < -0.3 is 9.73 Å². The van der Waals surface area contributed by atoms with Crippen LogP contribution in [0.4, 0.5) is 4.39 Å². The fraction of sp³-hybridized carbons (Fsp3) is 0.263. The number of rotatable bonds is 10. The van der Waals surface area contributed by atoms with Crippen LogP contribution in [-0.4, -0.2) is 37.4 Å². The van der Waals surface area contributed by atoms with Crippen molar-refractivity contribution < 1.29 is 22.0 Å². The molecule has 11 heteroatoms. The predicted octanol–water partition coefficient (Wildman–Crippen LogP) is 3.26. The van der Waals surface area contributed by atoms with Crippen molar-refractivity contribution in [2.24, 2.45) is 0 Å². The van der Waals surface area contributed by atoms with E-state index in [1.165, 1.54) is 41.5 Å². The number of nitrogens with one attached hydrogen (secondary N) is 2. The van der Waals surface area contributed by atoms with E-state index in [0.29, 0.717) is 17.3 Å². The van der Waals surface area contributed by atoms with Crippen LogP contribution < -0.4 is 10.0 Å². The molecule has 0 saturated heterocycles. The number of carbonyl (C=O) groups is 1. The Kier molecular flexibility index (Phi) is 7.64. The van der Waals surface area contributed by atoms with Crippen LogP contribution in [0.25, 0.3) is 10.8 Å². The fourth-order valence-corrected chi connectivity index (χ4v) is 5.03. The Hall–Kier alpha value is -2.21. The van der Waals surface area contributed by atoms with E-state index in [-0.39, 0.29) is 13.0 Å². The molecule has 1 amide bonds. The lowest BCUT2D eigenvalue weighted by molar-refractivity contribution is -0.122. The van der Waals surface area contributed by atoms with Crippen molar-refractivity contribution in [3.63, 3.8) is 0 Å². The number of halogens is 1. The Morgan fingerprint density at radius 2 is 2.10 bits per heavy atom. The van der Waals surface area contributed by atoms with Gasteiger partial charge in [-0.1, -0.05) is 18.2 Å². The first kappa shape index (κ1) is 22.5. The van der Waals surface area contributed by atoms with Crippen LogP contribution in [0.1, 0.15) is 12.1 Å². The molecule has 0 saturated carbocycles. The third-order valence-corrected chi connectivity index (χ3v) is 7.08. The first-order valence-electron chi connectivity index (χ1n) is 8.92. The van der Waals surface area contributed by atoms with Gasteiger partial charge in [0.25, 0.3) is 0 Å². The number of sulfonamides is 1. The molecular formula is C19H20FN3O4S3. The normalized spacial score (nSPS) is 12.6. The van der Waals surface area contributed by atoms with Gasteiger partial charge in [-0.25, -0.2) is 17.8 Å². The molecule has 0 aliphatic heterocycles. The van der Waals surface area contributed by atoms with E-state index < -0.39 is 32.7 Å². The number of hydrogen-bond donors (Lipinski definition) is 2. The van der Waals surface area contributed by atoms with Crippen molar-refractivity contribution in [3.05, 3.63) is 59.6 Å². The largest absolute Gasteiger partial charge is 0.443 e. The zero-order chi connectivity index (χ0) is 21.6. The van der Waals surface area contributed by atoms with Gasteiger partial charge in [-0.15, -0.1) is 11.3 Å². The number of oxazole rings is 1. The molecule has 0 fully saturated rings. The number of aromatic nitrogens is 1. The van der Waals surface area contributed by atoms with Crippen LogP contribution in [0.5, 0.6) is 0 Å². The van der Waals surface area contributed by atoms with E-state index >= 15 is 0 Å². The fourth-order valence-electron chi connectivity index (χ4n) is 2.60. The number of carbonyl (C=O) groups excluding carboxylic acids is 1. The minimum Gasteiger partial charge on any atom is -0.443 e. The van der Waals surface area contributed by atoms with E-state index in [2.05, 4.69) is 15.0 Å². The Labute approximate surface area is 182 Å². The van der Waals surface area contributed by atoms with Gasteiger partial charge in [0.05, 0.1) is 17.1 Å². The standard InChI is InChI=1S/C19H20FN3O4S3/c1-28-10-8-15(23-30(25,26)17-7-3-2-5-14(17)20)18(24)21-11-13-12-27-19(22-13)16-6-4-9-29-16/h2-7,9,12,15,23H,8,10-11H2,1H3,(H,21,24). The number of thioether (sulfide) groups is 1. The highest BCUT2D eigenvalue weighted by Gasteiger charge is 2.27. The van der Waals surface area contributed by atoms with Gasteiger partial charge in [-0.2, -0.15) is 16.5 Å². The van der Waals surface area contributed by atoms with Crippen LogP contribution in [0.2, 0.25) is 0 Å². The highest BCUT2D eigenvalue weighted by molar-refractivity contribution is 7.98. The molecule has 2 aromatic heterocycles. The maximum Gasteiger partial charge on any atom is 0.244 e. The van der Waals surface area contributed by atoms with Crippen molar-refractivity contribution in [3.8, 4) is 10.8 Å². The van der Waals surface area contributed by atoms with Crippen LogP contribution in [0.15, 0.2) is 57.4 Å². The molecule has 1 unspecified atom stereocenters. The number of hydrogen-bond acceptors (Lipinski definition) is 7. The van der Waals surface area contributed by atoms with Crippen LogP contribution in [-0.2, 0) is 21.4 Å². The quantitative estimate of drug-likeness (QED) is 0.473. The summed E-state index contributed by atoms with van der Waals surface area (Å²) in [7, 11) is -4.20. The first-order chi connectivity index (χ1) is 14.4. The van der Waals surface area contributed by atoms with Gasteiger partial charge in [0, 0.05) is 0 Å². The van der Waals surface area contributed by atoms with E-state index in [9.17, 15) is 17.6 Å². The molecule has 0 spiro atoms. The molecule has 0 radical (unpaired) electrons. The molecule has 30 heavy (non-hydrogen) atoms. The maximum absolute atomic E-state index is 13.9. The van der Waals surface area contributed by atoms with Gasteiger partial charge in [-0.05, 0) is 42.0 Å². The maximum atomic E-state index is 13.9. The van der Waals surface area contributed by atoms with Gasteiger partial charge >= 0.3 is 0 Å². The van der Waals surface area contributed by atoms with Crippen LogP contribution in [0, 0.1) is 5.82 Å². The molecule has 3 rings (SSSR count). The third kappa shape index (κ3) is 5.69. The summed E-state index contributed by atoms with van der Waals surface area (Å²) in [6, 6.07) is 7.73. The van der Waals surface area contributed by atoms with E-state index in [0.717, 1.165) is 17.0 Å². The van der Waals surface area contributed by atoms with E-state index in [4.69, 9.17) is 4.42 Å². The number of benzene rings is 1. The molecule has 1 aromatic carbocycles. The molecule has 2 heterocycles. The minimum atomic E-state index is -4.20. The predicted molar refractivity (Wildman–Crippen MR) is 115 cm³/mol. The molecule has 0 bridgehead atoms. The summed E-state index contributed by atoms with van der Waals surface area (Å²) in [6.45, 7) is 0.0743. The molecule has 160 valence electrons. The molecule has 1 atom stereocenters. The smallest absolute Gasteiger partial charge is 0.244 e. The SMILES string of the molecule is CSCCC(NS(=O)(=O)c1ccccc1F)C(=O)NCc1coc(-c2cccs2)n1. The third-order valence-electron chi connectivity index (χ3n) is 4.08. The zero-order valence-corrected chi connectivity index (χ0v) is 18.4. The summed E-state index contributed by atoms with van der Waals surface area (Å²) >= 11 is 2.95. The van der Waals surface area contributed by atoms with Crippen molar-refractivity contribution in [2.75, 3.05) is 12.0 Å². The topological polar surface area (TPSA) is 101 Å². The summed E-state index contributed by atoms with van der Waals surface area (Å²) in [6.07, 6.45) is 3.54. The van der Waals surface area contributed by atoms with Crippen LogP contribution >= 0.6 is 23.1 Å². The van der Waals surface area contributed by atoms with E-state index in [1.807, 2.05) is 23.8 Å². The average Bonchev–Trinajstić information content (AvgIpc) is 3.41. The Balaban J connectivity index is 1.67. The summed E-state index contributed by atoms with van der Waals surface area (Å²) in [4.78, 5) is 17.3. The number of nitrogens with zero attached hydrogens (tertiary/aromatic N) is 1. The molecule has 0 aliphatic carbocycles. The van der Waals surface area contributed by atoms with Gasteiger partial charge in [0.1, 0.15) is 23.0 Å². The second-order valence-corrected chi connectivity index (χ2v) is 9.84. The first-order valence-corrected chi connectivity index (χ1v) is 12.7. The zero-order valence-electron chi connectivity index (χ0n) is 16.0. The van der Waals surface area contributed by atoms with Crippen molar-refractivity contribution >= 4 is 39.0 Å². The second-order valence-electron chi connectivity index (χ2n) is 6.22. The lowest BCUT2D eigenvalue weighted by atomic mass is 10.2. The van der Waals surface area contributed by atoms with Gasteiger partial charge in [-0.3, -0.25) is 4.79 Å². The van der Waals surface area contributed by atoms with Gasteiger partial charge in [0.15, 0.2) is 0 Å². The number of amides is 1. The molecule has 2 N–H and O–H groups in total. The highest BCUT2D eigenvalue weighted by atomic mass is 32.2. The van der Waals surface area contributed by atoms with Crippen molar-refractivity contribution in [1.29, 1.82) is 0 Å². The van der Waals surface area contributed by atoms with E-state index in [1.54, 1.807) is 0 Å². The lowest BCUT2D eigenvalue weighted by Gasteiger charge is -2.18. The van der Waals surface area contributed by atoms with Crippen molar-refractivity contribution in [1.82, 2.24) is 15.0 Å². The Morgan fingerprint density at radius 1 is 1.30 bits per heavy atom.